The molecule has 0 aliphatic carbocycles. The quantitative estimate of drug-likeness (QED) is 0.397. The van der Waals surface area contributed by atoms with Crippen LogP contribution in [0.3, 0.4) is 0 Å². The summed E-state index contributed by atoms with van der Waals surface area (Å²) in [5.74, 6) is 1.70. The average molecular weight is 395 g/mol. The van der Waals surface area contributed by atoms with Gasteiger partial charge in [0.25, 0.3) is 5.91 Å². The summed E-state index contributed by atoms with van der Waals surface area (Å²) >= 11 is 1.75. The Hall–Kier alpha value is -2.02. The topological polar surface area (TPSA) is 84.5 Å². The summed E-state index contributed by atoms with van der Waals surface area (Å²) in [5, 5.41) is 5.58. The normalized spacial score (nSPS) is 11.5. The number of hydrogen-bond acceptors (Lipinski definition) is 5. The van der Waals surface area contributed by atoms with Gasteiger partial charge in [-0.2, -0.15) is 11.8 Å². The monoisotopic (exact) mass is 394 g/mol. The lowest BCUT2D eigenvalue weighted by atomic mass is 10.1. The molecule has 1 aromatic rings. The second-order valence-corrected chi connectivity index (χ2v) is 7.46. The molecule has 0 heterocycles. The van der Waals surface area contributed by atoms with E-state index < -0.39 is 0 Å². The van der Waals surface area contributed by atoms with Crippen LogP contribution in [0.1, 0.15) is 43.5 Å². The van der Waals surface area contributed by atoms with Gasteiger partial charge in [0.15, 0.2) is 0 Å². The number of carbonyl (C=O) groups is 3. The van der Waals surface area contributed by atoms with Crippen molar-refractivity contribution in [1.29, 1.82) is 0 Å². The molecule has 0 fully saturated rings. The number of rotatable bonds is 13. The lowest BCUT2D eigenvalue weighted by Gasteiger charge is -2.10. The summed E-state index contributed by atoms with van der Waals surface area (Å²) < 4.78 is 4.94. The third-order valence-corrected chi connectivity index (χ3v) is 4.83. The Labute approximate surface area is 165 Å². The summed E-state index contributed by atoms with van der Waals surface area (Å²) in [6.45, 7) is 5.20. The second kappa shape index (κ2) is 14.1. The van der Waals surface area contributed by atoms with Crippen LogP contribution in [0.5, 0.6) is 0 Å². The highest BCUT2D eigenvalue weighted by atomic mass is 32.2. The Morgan fingerprint density at radius 2 is 1.81 bits per heavy atom. The predicted octanol–water partition coefficient (Wildman–Crippen LogP) is 2.64. The van der Waals surface area contributed by atoms with E-state index in [1.54, 1.807) is 36.0 Å². The first-order valence-corrected chi connectivity index (χ1v) is 10.5. The molecule has 0 radical (unpaired) electrons. The largest absolute Gasteiger partial charge is 0.466 e. The number of amides is 2. The number of hydrogen-bond donors (Lipinski definition) is 2. The fourth-order valence-corrected chi connectivity index (χ4v) is 3.34. The van der Waals surface area contributed by atoms with Gasteiger partial charge in [0.05, 0.1) is 6.61 Å². The van der Waals surface area contributed by atoms with Crippen molar-refractivity contribution in [2.75, 3.05) is 31.2 Å². The van der Waals surface area contributed by atoms with Crippen LogP contribution in [0.25, 0.3) is 0 Å². The Morgan fingerprint density at radius 3 is 2.52 bits per heavy atom. The Bertz CT molecular complexity index is 581. The van der Waals surface area contributed by atoms with Crippen LogP contribution in [0.2, 0.25) is 0 Å². The van der Waals surface area contributed by atoms with Crippen LogP contribution >= 0.6 is 11.8 Å². The molecule has 7 heteroatoms. The van der Waals surface area contributed by atoms with E-state index in [2.05, 4.69) is 10.6 Å². The third kappa shape index (κ3) is 11.3. The van der Waals surface area contributed by atoms with E-state index in [1.165, 1.54) is 0 Å². The molecule has 0 saturated heterocycles. The minimum absolute atomic E-state index is 0.0698. The molecular formula is C20H30N2O4S. The van der Waals surface area contributed by atoms with Gasteiger partial charge in [0.1, 0.15) is 0 Å². The highest BCUT2D eigenvalue weighted by molar-refractivity contribution is 7.99. The maximum absolute atomic E-state index is 11.8. The minimum Gasteiger partial charge on any atom is -0.466 e. The smallest absolute Gasteiger partial charge is 0.306 e. The standard InChI is InChI=1S/C20H30N2O4S/c1-3-26-19(24)15-16(2)10-13-27-14-12-21-18(23)9-11-22-20(25)17-7-5-4-6-8-17/h4-8,16H,3,9-15H2,1-2H3,(H,21,23)(H,22,25). The first-order valence-electron chi connectivity index (χ1n) is 9.36. The summed E-state index contributed by atoms with van der Waals surface area (Å²) in [4.78, 5) is 35.0. The number of carbonyl (C=O) groups excluding carboxylic acids is 3. The zero-order valence-corrected chi connectivity index (χ0v) is 17.0. The van der Waals surface area contributed by atoms with Crippen molar-refractivity contribution in [3.8, 4) is 0 Å². The van der Waals surface area contributed by atoms with Crippen LogP contribution in [0.4, 0.5) is 0 Å². The zero-order valence-electron chi connectivity index (χ0n) is 16.2. The van der Waals surface area contributed by atoms with Crippen molar-refractivity contribution in [2.24, 2.45) is 5.92 Å². The number of thioether (sulfide) groups is 1. The average Bonchev–Trinajstić information content (AvgIpc) is 2.65. The van der Waals surface area contributed by atoms with E-state index in [4.69, 9.17) is 4.74 Å². The van der Waals surface area contributed by atoms with Crippen molar-refractivity contribution >= 4 is 29.5 Å². The van der Waals surface area contributed by atoms with Gasteiger partial charge < -0.3 is 15.4 Å². The third-order valence-electron chi connectivity index (χ3n) is 3.82. The molecule has 6 nitrogen and oxygen atoms in total. The van der Waals surface area contributed by atoms with Crippen molar-refractivity contribution in [3.05, 3.63) is 35.9 Å². The van der Waals surface area contributed by atoms with Crippen LogP contribution in [-0.4, -0.2) is 49.0 Å². The summed E-state index contributed by atoms with van der Waals surface area (Å²) in [6.07, 6.45) is 1.67. The summed E-state index contributed by atoms with van der Waals surface area (Å²) in [7, 11) is 0. The Balaban J connectivity index is 1.99. The molecule has 1 atom stereocenters. The number of nitrogens with one attached hydrogen (secondary N) is 2. The van der Waals surface area contributed by atoms with E-state index in [-0.39, 0.29) is 24.2 Å². The van der Waals surface area contributed by atoms with Crippen molar-refractivity contribution in [2.45, 2.75) is 33.1 Å². The fourth-order valence-electron chi connectivity index (χ4n) is 2.33. The molecule has 150 valence electrons. The SMILES string of the molecule is CCOC(=O)CC(C)CCSCCNC(=O)CCNC(=O)c1ccccc1. The molecule has 1 unspecified atom stereocenters. The Morgan fingerprint density at radius 1 is 1.07 bits per heavy atom. The van der Waals surface area contributed by atoms with Gasteiger partial charge in [-0.05, 0) is 37.1 Å². The molecule has 0 spiro atoms. The van der Waals surface area contributed by atoms with Gasteiger partial charge in [-0.1, -0.05) is 25.1 Å². The number of esters is 1. The molecular weight excluding hydrogens is 364 g/mol. The van der Waals surface area contributed by atoms with Crippen LogP contribution < -0.4 is 10.6 Å². The van der Waals surface area contributed by atoms with Gasteiger partial charge in [-0.15, -0.1) is 0 Å². The lowest BCUT2D eigenvalue weighted by molar-refractivity contribution is -0.144. The second-order valence-electron chi connectivity index (χ2n) is 6.24. The lowest BCUT2D eigenvalue weighted by Crippen LogP contribution is -2.31. The summed E-state index contributed by atoms with van der Waals surface area (Å²) in [6, 6.07) is 8.93. The fraction of sp³-hybridized carbons (Fsp3) is 0.550. The van der Waals surface area contributed by atoms with Crippen molar-refractivity contribution < 1.29 is 19.1 Å². The van der Waals surface area contributed by atoms with E-state index >= 15 is 0 Å². The highest BCUT2D eigenvalue weighted by Gasteiger charge is 2.09. The molecule has 1 rings (SSSR count). The highest BCUT2D eigenvalue weighted by Crippen LogP contribution is 2.13. The molecule has 2 N–H and O–H groups in total. The molecule has 0 aromatic heterocycles. The first-order chi connectivity index (χ1) is 13.0. The zero-order chi connectivity index (χ0) is 19.9. The molecule has 1 aromatic carbocycles. The number of ether oxygens (including phenoxy) is 1. The molecule has 27 heavy (non-hydrogen) atoms. The Kier molecular flexibility index (Phi) is 12.0. The maximum Gasteiger partial charge on any atom is 0.306 e. The van der Waals surface area contributed by atoms with Gasteiger partial charge in [0.2, 0.25) is 5.91 Å². The maximum atomic E-state index is 11.8. The van der Waals surface area contributed by atoms with E-state index in [0.717, 1.165) is 17.9 Å². The first kappa shape index (κ1) is 23.0. The molecule has 0 saturated carbocycles. The number of benzene rings is 1. The van der Waals surface area contributed by atoms with Gasteiger partial charge >= 0.3 is 5.97 Å². The minimum atomic E-state index is -0.170. The molecule has 0 aliphatic heterocycles. The molecule has 0 aliphatic rings. The van der Waals surface area contributed by atoms with Crippen LogP contribution in [0, 0.1) is 5.92 Å². The van der Waals surface area contributed by atoms with Crippen molar-refractivity contribution in [3.63, 3.8) is 0 Å². The van der Waals surface area contributed by atoms with E-state index in [9.17, 15) is 14.4 Å². The summed E-state index contributed by atoms with van der Waals surface area (Å²) in [5.41, 5.74) is 0.589. The predicted molar refractivity (Wildman–Crippen MR) is 109 cm³/mol. The molecule has 2 amide bonds. The van der Waals surface area contributed by atoms with E-state index in [1.807, 2.05) is 19.9 Å². The van der Waals surface area contributed by atoms with Crippen LogP contribution in [0.15, 0.2) is 30.3 Å². The van der Waals surface area contributed by atoms with Gasteiger partial charge in [-0.3, -0.25) is 14.4 Å². The van der Waals surface area contributed by atoms with E-state index in [0.29, 0.717) is 37.6 Å². The molecule has 0 bridgehead atoms. The van der Waals surface area contributed by atoms with Gasteiger partial charge in [-0.25, -0.2) is 0 Å². The van der Waals surface area contributed by atoms with Gasteiger partial charge in [0, 0.05) is 37.2 Å². The van der Waals surface area contributed by atoms with Crippen LogP contribution in [-0.2, 0) is 14.3 Å². The van der Waals surface area contributed by atoms with Crippen molar-refractivity contribution in [1.82, 2.24) is 10.6 Å².